The average Bonchev–Trinajstić information content (AvgIpc) is 2.13. The highest BCUT2D eigenvalue weighted by atomic mass is 19.1. The van der Waals surface area contributed by atoms with Crippen LogP contribution in [0.5, 0.6) is 0 Å². The average molecular weight is 146 g/mol. The van der Waals surface area contributed by atoms with Gasteiger partial charge in [0, 0.05) is 25.2 Å². The summed E-state index contributed by atoms with van der Waals surface area (Å²) < 4.78 is 11.9. The van der Waals surface area contributed by atoms with Gasteiger partial charge in [-0.15, -0.1) is 0 Å². The third kappa shape index (κ3) is 1.67. The van der Waals surface area contributed by atoms with Crippen LogP contribution in [0, 0.1) is 0 Å². The van der Waals surface area contributed by atoms with Gasteiger partial charge < -0.3 is 5.73 Å². The summed E-state index contributed by atoms with van der Waals surface area (Å²) in [4.78, 5) is 2.10. The van der Waals surface area contributed by atoms with E-state index in [1.165, 1.54) is 0 Å². The molecule has 0 spiro atoms. The second-order valence-electron chi connectivity index (χ2n) is 3.03. The molecule has 0 amide bonds. The Morgan fingerprint density at radius 2 is 2.40 bits per heavy atom. The van der Waals surface area contributed by atoms with E-state index in [0.29, 0.717) is 12.6 Å². The molecule has 0 aromatic carbocycles. The topological polar surface area (TPSA) is 29.3 Å². The molecule has 0 aromatic rings. The van der Waals surface area contributed by atoms with Gasteiger partial charge in [0.05, 0.1) is 0 Å². The molecule has 2 unspecified atom stereocenters. The highest BCUT2D eigenvalue weighted by Crippen LogP contribution is 2.14. The number of halogens is 1. The first kappa shape index (κ1) is 7.95. The van der Waals surface area contributed by atoms with E-state index in [1.54, 1.807) is 0 Å². The highest BCUT2D eigenvalue weighted by Gasteiger charge is 2.25. The van der Waals surface area contributed by atoms with E-state index in [4.69, 9.17) is 5.73 Å². The Hall–Kier alpha value is -0.150. The Morgan fingerprint density at radius 3 is 2.80 bits per heavy atom. The smallest absolute Gasteiger partial charge is 0.102 e. The quantitative estimate of drug-likeness (QED) is 0.610. The van der Waals surface area contributed by atoms with Crippen LogP contribution in [0.25, 0.3) is 0 Å². The number of hydrogen-bond acceptors (Lipinski definition) is 2. The van der Waals surface area contributed by atoms with Crippen molar-refractivity contribution >= 4 is 0 Å². The third-order valence-electron chi connectivity index (χ3n) is 2.11. The van der Waals surface area contributed by atoms with Gasteiger partial charge in [-0.1, -0.05) is 0 Å². The van der Waals surface area contributed by atoms with Gasteiger partial charge in [0.1, 0.15) is 6.67 Å². The zero-order valence-corrected chi connectivity index (χ0v) is 6.39. The number of nitrogens with zero attached hydrogens (tertiary/aromatic N) is 1. The summed E-state index contributed by atoms with van der Waals surface area (Å²) in [5.74, 6) is 0. The van der Waals surface area contributed by atoms with Gasteiger partial charge in [0.2, 0.25) is 0 Å². The van der Waals surface area contributed by atoms with Gasteiger partial charge in [-0.25, -0.2) is 4.39 Å². The second-order valence-corrected chi connectivity index (χ2v) is 3.03. The van der Waals surface area contributed by atoms with E-state index in [-0.39, 0.29) is 12.7 Å². The Morgan fingerprint density at radius 1 is 1.70 bits per heavy atom. The predicted octanol–water partition coefficient (Wildman–Crippen LogP) is 0.377. The zero-order valence-electron chi connectivity index (χ0n) is 6.39. The molecule has 1 saturated heterocycles. The standard InChI is InChI=1S/C7H15FN2/c1-6-4-7(9)5-10(6)3-2-8/h6-7H,2-5,9H2,1H3. The lowest BCUT2D eigenvalue weighted by molar-refractivity contribution is 0.242. The van der Waals surface area contributed by atoms with Crippen molar-refractivity contribution < 1.29 is 4.39 Å². The van der Waals surface area contributed by atoms with Gasteiger partial charge in [0.15, 0.2) is 0 Å². The molecular formula is C7H15FN2. The molecule has 0 aliphatic carbocycles. The molecule has 1 rings (SSSR count). The summed E-state index contributed by atoms with van der Waals surface area (Å²) in [7, 11) is 0. The minimum absolute atomic E-state index is 0.253. The van der Waals surface area contributed by atoms with Crippen LogP contribution in [-0.4, -0.2) is 36.7 Å². The molecule has 2 nitrogen and oxygen atoms in total. The molecule has 0 saturated carbocycles. The highest BCUT2D eigenvalue weighted by molar-refractivity contribution is 4.84. The summed E-state index contributed by atoms with van der Waals surface area (Å²) in [5, 5.41) is 0. The van der Waals surface area contributed by atoms with Crippen molar-refractivity contribution in [3.05, 3.63) is 0 Å². The third-order valence-corrected chi connectivity index (χ3v) is 2.11. The minimum atomic E-state index is -0.253. The molecule has 3 heteroatoms. The molecule has 2 atom stereocenters. The van der Waals surface area contributed by atoms with Gasteiger partial charge >= 0.3 is 0 Å². The molecule has 0 radical (unpaired) electrons. The van der Waals surface area contributed by atoms with E-state index >= 15 is 0 Å². The summed E-state index contributed by atoms with van der Waals surface area (Å²) >= 11 is 0. The zero-order chi connectivity index (χ0) is 7.56. The molecule has 10 heavy (non-hydrogen) atoms. The minimum Gasteiger partial charge on any atom is -0.326 e. The number of nitrogens with two attached hydrogens (primary N) is 1. The molecule has 0 aromatic heterocycles. The van der Waals surface area contributed by atoms with Crippen LogP contribution in [0.3, 0.4) is 0 Å². The summed E-state index contributed by atoms with van der Waals surface area (Å²) in [6.45, 7) is 3.26. The molecule has 1 heterocycles. The first-order valence-corrected chi connectivity index (χ1v) is 3.79. The van der Waals surface area contributed by atoms with Crippen molar-refractivity contribution in [1.82, 2.24) is 4.90 Å². The molecule has 2 N–H and O–H groups in total. The largest absolute Gasteiger partial charge is 0.326 e. The Kier molecular flexibility index (Phi) is 2.63. The normalized spacial score (nSPS) is 35.1. The molecule has 1 fully saturated rings. The second kappa shape index (κ2) is 3.30. The van der Waals surface area contributed by atoms with E-state index in [1.807, 2.05) is 0 Å². The summed E-state index contributed by atoms with van der Waals surface area (Å²) in [6, 6.07) is 0.743. The van der Waals surface area contributed by atoms with Crippen molar-refractivity contribution in [1.29, 1.82) is 0 Å². The van der Waals surface area contributed by atoms with Crippen LogP contribution in [0.15, 0.2) is 0 Å². The lowest BCUT2D eigenvalue weighted by atomic mass is 10.2. The SMILES string of the molecule is CC1CC(N)CN1CCF. The maximum absolute atomic E-state index is 11.9. The molecule has 1 aliphatic heterocycles. The van der Waals surface area contributed by atoms with Crippen molar-refractivity contribution in [2.45, 2.75) is 25.4 Å². The first-order chi connectivity index (χ1) is 4.74. The van der Waals surface area contributed by atoms with E-state index < -0.39 is 0 Å². The Bertz CT molecular complexity index is 108. The number of hydrogen-bond donors (Lipinski definition) is 1. The Balaban J connectivity index is 2.31. The molecule has 1 aliphatic rings. The maximum Gasteiger partial charge on any atom is 0.102 e. The van der Waals surface area contributed by atoms with Crippen molar-refractivity contribution in [3.8, 4) is 0 Å². The van der Waals surface area contributed by atoms with Gasteiger partial charge in [0.25, 0.3) is 0 Å². The fourth-order valence-electron chi connectivity index (χ4n) is 1.56. The van der Waals surface area contributed by atoms with Crippen LogP contribution in [-0.2, 0) is 0 Å². The van der Waals surface area contributed by atoms with Crippen LogP contribution in [0.4, 0.5) is 4.39 Å². The number of alkyl halides is 1. The van der Waals surface area contributed by atoms with Crippen LogP contribution in [0.2, 0.25) is 0 Å². The van der Waals surface area contributed by atoms with E-state index in [0.717, 1.165) is 13.0 Å². The number of likely N-dealkylation sites (tertiary alicyclic amines) is 1. The lowest BCUT2D eigenvalue weighted by Gasteiger charge is -2.18. The summed E-state index contributed by atoms with van der Waals surface area (Å²) in [6.07, 6.45) is 1.01. The van der Waals surface area contributed by atoms with Gasteiger partial charge in [-0.3, -0.25) is 4.90 Å². The molecule has 0 bridgehead atoms. The fraction of sp³-hybridized carbons (Fsp3) is 1.00. The van der Waals surface area contributed by atoms with E-state index in [2.05, 4.69) is 11.8 Å². The fourth-order valence-corrected chi connectivity index (χ4v) is 1.56. The van der Waals surface area contributed by atoms with Crippen molar-refractivity contribution in [2.24, 2.45) is 5.73 Å². The van der Waals surface area contributed by atoms with Crippen molar-refractivity contribution in [3.63, 3.8) is 0 Å². The van der Waals surface area contributed by atoms with Crippen molar-refractivity contribution in [2.75, 3.05) is 19.8 Å². The van der Waals surface area contributed by atoms with Gasteiger partial charge in [-0.2, -0.15) is 0 Å². The maximum atomic E-state index is 11.9. The monoisotopic (exact) mass is 146 g/mol. The van der Waals surface area contributed by atoms with Gasteiger partial charge in [-0.05, 0) is 13.3 Å². The number of rotatable bonds is 2. The van der Waals surface area contributed by atoms with Crippen LogP contribution in [0.1, 0.15) is 13.3 Å². The van der Waals surface area contributed by atoms with Crippen LogP contribution < -0.4 is 5.73 Å². The first-order valence-electron chi connectivity index (χ1n) is 3.79. The Labute approximate surface area is 61.2 Å². The van der Waals surface area contributed by atoms with Crippen LogP contribution >= 0.6 is 0 Å². The van der Waals surface area contributed by atoms with E-state index in [9.17, 15) is 4.39 Å². The molecule has 60 valence electrons. The molecular weight excluding hydrogens is 131 g/mol. The lowest BCUT2D eigenvalue weighted by Crippen LogP contribution is -2.31. The summed E-state index contributed by atoms with van der Waals surface area (Å²) in [5.41, 5.74) is 5.68. The predicted molar refractivity (Wildman–Crippen MR) is 39.6 cm³/mol.